The van der Waals surface area contributed by atoms with Gasteiger partial charge < -0.3 is 0 Å². The van der Waals surface area contributed by atoms with E-state index in [1.807, 2.05) is 0 Å². The third kappa shape index (κ3) is 5.09. The van der Waals surface area contributed by atoms with Gasteiger partial charge >= 0.3 is 6.18 Å². The molecule has 0 aliphatic rings. The Morgan fingerprint density at radius 1 is 1.17 bits per heavy atom. The van der Waals surface area contributed by atoms with Gasteiger partial charge in [0.15, 0.2) is 0 Å². The van der Waals surface area contributed by atoms with E-state index in [1.165, 1.54) is 0 Å². The minimum Gasteiger partial charge on any atom is -0.244 e. The lowest BCUT2D eigenvalue weighted by Crippen LogP contribution is -2.24. The van der Waals surface area contributed by atoms with Crippen molar-refractivity contribution in [2.45, 2.75) is 31.4 Å². The number of hydrogen-bond donors (Lipinski definition) is 0. The molecule has 0 aromatic carbocycles. The van der Waals surface area contributed by atoms with Crippen LogP contribution in [0.5, 0.6) is 0 Å². The molecule has 0 bridgehead atoms. The summed E-state index contributed by atoms with van der Waals surface area (Å²) in [6, 6.07) is 0. The first-order valence-electron chi connectivity index (χ1n) is 3.32. The molecule has 12 heavy (non-hydrogen) atoms. The Morgan fingerprint density at radius 3 is 2.00 bits per heavy atom. The summed E-state index contributed by atoms with van der Waals surface area (Å²) in [6.07, 6.45) is -10.3. The topological polar surface area (TPSA) is 0 Å². The standard InChI is InChI=1S/C7H9F5/c1-2-3-5(8)6(9)4-7(10,11)12/h2,5-6H,1,3-4H2. The minimum atomic E-state index is -4.65. The Morgan fingerprint density at radius 2 is 1.67 bits per heavy atom. The van der Waals surface area contributed by atoms with Crippen molar-refractivity contribution < 1.29 is 22.0 Å². The molecule has 0 saturated heterocycles. The molecule has 0 nitrogen and oxygen atoms in total. The number of rotatable bonds is 4. The van der Waals surface area contributed by atoms with Crippen molar-refractivity contribution in [2.75, 3.05) is 0 Å². The molecule has 0 aliphatic carbocycles. The van der Waals surface area contributed by atoms with E-state index in [4.69, 9.17) is 0 Å². The van der Waals surface area contributed by atoms with Gasteiger partial charge in [-0.3, -0.25) is 0 Å². The van der Waals surface area contributed by atoms with Crippen LogP contribution in [0.25, 0.3) is 0 Å². The number of halogens is 5. The Hall–Kier alpha value is -0.610. The molecule has 0 aliphatic heterocycles. The van der Waals surface area contributed by atoms with Crippen LogP contribution in [0.15, 0.2) is 12.7 Å². The summed E-state index contributed by atoms with van der Waals surface area (Å²) >= 11 is 0. The van der Waals surface area contributed by atoms with Gasteiger partial charge in [-0.2, -0.15) is 13.2 Å². The lowest BCUT2D eigenvalue weighted by Gasteiger charge is -2.13. The predicted molar refractivity (Wildman–Crippen MR) is 35.3 cm³/mol. The van der Waals surface area contributed by atoms with Crippen molar-refractivity contribution in [2.24, 2.45) is 0 Å². The summed E-state index contributed by atoms with van der Waals surface area (Å²) < 4.78 is 59.1. The molecule has 0 radical (unpaired) electrons. The van der Waals surface area contributed by atoms with Crippen LogP contribution in [0, 0.1) is 0 Å². The number of allylic oxidation sites excluding steroid dienone is 1. The monoisotopic (exact) mass is 188 g/mol. The molecule has 2 atom stereocenters. The smallest absolute Gasteiger partial charge is 0.244 e. The fourth-order valence-corrected chi connectivity index (χ4v) is 0.656. The largest absolute Gasteiger partial charge is 0.392 e. The van der Waals surface area contributed by atoms with E-state index >= 15 is 0 Å². The fourth-order valence-electron chi connectivity index (χ4n) is 0.656. The lowest BCUT2D eigenvalue weighted by atomic mass is 10.1. The summed E-state index contributed by atoms with van der Waals surface area (Å²) in [5.41, 5.74) is 0. The van der Waals surface area contributed by atoms with Gasteiger partial charge in [0.2, 0.25) is 0 Å². The molecule has 0 rings (SSSR count). The zero-order valence-electron chi connectivity index (χ0n) is 6.24. The summed E-state index contributed by atoms with van der Waals surface area (Å²) in [5, 5.41) is 0. The molecule has 0 spiro atoms. The SMILES string of the molecule is C=CCC(F)C(F)CC(F)(F)F. The van der Waals surface area contributed by atoms with Crippen molar-refractivity contribution in [3.05, 3.63) is 12.7 Å². The van der Waals surface area contributed by atoms with Crippen LogP contribution in [0.2, 0.25) is 0 Å². The Labute approximate surface area is 67.1 Å². The molecule has 2 unspecified atom stereocenters. The van der Waals surface area contributed by atoms with Gasteiger partial charge in [-0.25, -0.2) is 8.78 Å². The molecule has 0 aromatic heterocycles. The van der Waals surface area contributed by atoms with Gasteiger partial charge in [-0.15, -0.1) is 6.58 Å². The van der Waals surface area contributed by atoms with E-state index in [9.17, 15) is 22.0 Å². The maximum absolute atomic E-state index is 12.4. The van der Waals surface area contributed by atoms with Gasteiger partial charge in [-0.05, 0) is 6.42 Å². The number of hydrogen-bond acceptors (Lipinski definition) is 0. The molecule has 72 valence electrons. The minimum absolute atomic E-state index is 0.392. The third-order valence-electron chi connectivity index (χ3n) is 1.21. The second-order valence-electron chi connectivity index (χ2n) is 2.38. The summed E-state index contributed by atoms with van der Waals surface area (Å²) in [6.45, 7) is 3.09. The number of alkyl halides is 5. The van der Waals surface area contributed by atoms with Crippen LogP contribution in [0.3, 0.4) is 0 Å². The van der Waals surface area contributed by atoms with Crippen LogP contribution < -0.4 is 0 Å². The van der Waals surface area contributed by atoms with E-state index in [-0.39, 0.29) is 0 Å². The maximum atomic E-state index is 12.4. The molecule has 0 fully saturated rings. The van der Waals surface area contributed by atoms with E-state index < -0.39 is 31.4 Å². The molecule has 0 N–H and O–H groups in total. The summed E-state index contributed by atoms with van der Waals surface area (Å²) in [4.78, 5) is 0. The van der Waals surface area contributed by atoms with Crippen LogP contribution in [0.1, 0.15) is 12.8 Å². The average molecular weight is 188 g/mol. The zero-order chi connectivity index (χ0) is 9.78. The first-order valence-corrected chi connectivity index (χ1v) is 3.32. The molecular weight excluding hydrogens is 179 g/mol. The summed E-state index contributed by atoms with van der Waals surface area (Å²) in [5.74, 6) is 0. The molecule has 0 saturated carbocycles. The Balaban J connectivity index is 3.86. The second-order valence-corrected chi connectivity index (χ2v) is 2.38. The van der Waals surface area contributed by atoms with Crippen LogP contribution in [0.4, 0.5) is 22.0 Å². The summed E-state index contributed by atoms with van der Waals surface area (Å²) in [7, 11) is 0. The van der Waals surface area contributed by atoms with Crippen molar-refractivity contribution in [3.8, 4) is 0 Å². The molecule has 0 amide bonds. The quantitative estimate of drug-likeness (QED) is 0.469. The highest BCUT2D eigenvalue weighted by atomic mass is 19.4. The van der Waals surface area contributed by atoms with Gasteiger partial charge in [-0.1, -0.05) is 6.08 Å². The van der Waals surface area contributed by atoms with Crippen molar-refractivity contribution in [3.63, 3.8) is 0 Å². The lowest BCUT2D eigenvalue weighted by molar-refractivity contribution is -0.151. The predicted octanol–water partition coefficient (Wildman–Crippen LogP) is 3.19. The van der Waals surface area contributed by atoms with Crippen molar-refractivity contribution >= 4 is 0 Å². The molecule has 0 heterocycles. The first kappa shape index (κ1) is 11.4. The zero-order valence-corrected chi connectivity index (χ0v) is 6.24. The van der Waals surface area contributed by atoms with E-state index in [0.717, 1.165) is 6.08 Å². The van der Waals surface area contributed by atoms with Gasteiger partial charge in [0.05, 0.1) is 6.42 Å². The first-order chi connectivity index (χ1) is 5.37. The normalized spacial score (nSPS) is 17.1. The molecule has 0 aromatic rings. The second kappa shape index (κ2) is 4.42. The molecule has 5 heteroatoms. The highest BCUT2D eigenvalue weighted by Crippen LogP contribution is 2.26. The highest BCUT2D eigenvalue weighted by Gasteiger charge is 2.35. The Bertz CT molecular complexity index is 139. The van der Waals surface area contributed by atoms with Gasteiger partial charge in [0.1, 0.15) is 12.3 Å². The Kier molecular flexibility index (Phi) is 4.20. The van der Waals surface area contributed by atoms with E-state index in [1.54, 1.807) is 0 Å². The average Bonchev–Trinajstić information content (AvgIpc) is 1.84. The fraction of sp³-hybridized carbons (Fsp3) is 0.714. The van der Waals surface area contributed by atoms with E-state index in [2.05, 4.69) is 6.58 Å². The van der Waals surface area contributed by atoms with Crippen LogP contribution in [-0.4, -0.2) is 18.5 Å². The van der Waals surface area contributed by atoms with E-state index in [0.29, 0.717) is 0 Å². The van der Waals surface area contributed by atoms with Gasteiger partial charge in [0.25, 0.3) is 0 Å². The van der Waals surface area contributed by atoms with Crippen molar-refractivity contribution in [1.29, 1.82) is 0 Å². The van der Waals surface area contributed by atoms with Crippen molar-refractivity contribution in [1.82, 2.24) is 0 Å². The van der Waals surface area contributed by atoms with Gasteiger partial charge in [0, 0.05) is 0 Å². The molecular formula is C7H9F5. The van der Waals surface area contributed by atoms with Crippen LogP contribution >= 0.6 is 0 Å². The third-order valence-corrected chi connectivity index (χ3v) is 1.21. The van der Waals surface area contributed by atoms with Crippen LogP contribution in [-0.2, 0) is 0 Å². The highest BCUT2D eigenvalue weighted by molar-refractivity contribution is 4.79. The maximum Gasteiger partial charge on any atom is 0.392 e.